The molecule has 2 N–H and O–H groups in total. The Bertz CT molecular complexity index is 468. The highest BCUT2D eigenvalue weighted by molar-refractivity contribution is 6.29. The van der Waals surface area contributed by atoms with Crippen LogP contribution in [0.4, 0.5) is 0 Å². The van der Waals surface area contributed by atoms with Gasteiger partial charge in [0.2, 0.25) is 0 Å². The Balaban J connectivity index is 1.53. The van der Waals surface area contributed by atoms with E-state index >= 15 is 0 Å². The van der Waals surface area contributed by atoms with Crippen LogP contribution in [0.2, 0.25) is 5.15 Å². The summed E-state index contributed by atoms with van der Waals surface area (Å²) in [5.41, 5.74) is 1.17. The van der Waals surface area contributed by atoms with E-state index in [-0.39, 0.29) is 0 Å². The lowest BCUT2D eigenvalue weighted by molar-refractivity contribution is 0.330. The number of hydrogen-bond acceptors (Lipinski definition) is 3. The summed E-state index contributed by atoms with van der Waals surface area (Å²) >= 11 is 5.78. The molecule has 2 rings (SSSR count). The van der Waals surface area contributed by atoms with E-state index in [0.717, 1.165) is 25.5 Å². The number of aromatic nitrogens is 1. The Morgan fingerprint density at radius 3 is 2.70 bits per heavy atom. The second-order valence-electron chi connectivity index (χ2n) is 5.92. The molecule has 1 aromatic heterocycles. The fourth-order valence-corrected chi connectivity index (χ4v) is 2.89. The van der Waals surface area contributed by atoms with E-state index in [1.54, 1.807) is 0 Å². The lowest BCUT2D eigenvalue weighted by atomic mass is 10.2. The maximum absolute atomic E-state index is 5.78. The summed E-state index contributed by atoms with van der Waals surface area (Å²) in [5.74, 6) is 0.869. The van der Waals surface area contributed by atoms with E-state index < -0.39 is 0 Å². The Hall–Kier alpha value is -1.33. The van der Waals surface area contributed by atoms with Crippen LogP contribution in [0.5, 0.6) is 0 Å². The Morgan fingerprint density at radius 1 is 1.22 bits per heavy atom. The van der Waals surface area contributed by atoms with Gasteiger partial charge >= 0.3 is 0 Å². The van der Waals surface area contributed by atoms with Gasteiger partial charge in [-0.1, -0.05) is 17.7 Å². The van der Waals surface area contributed by atoms with E-state index in [0.29, 0.717) is 5.15 Å². The number of likely N-dealkylation sites (tertiary alicyclic amines) is 1. The summed E-state index contributed by atoms with van der Waals surface area (Å²) in [4.78, 5) is 10.9. The second-order valence-corrected chi connectivity index (χ2v) is 6.31. The van der Waals surface area contributed by atoms with Gasteiger partial charge in [-0.15, -0.1) is 0 Å². The highest BCUT2D eigenvalue weighted by Crippen LogP contribution is 2.08. The molecule has 0 aliphatic carbocycles. The first kappa shape index (κ1) is 18.0. The van der Waals surface area contributed by atoms with Crippen LogP contribution < -0.4 is 10.6 Å². The van der Waals surface area contributed by atoms with Gasteiger partial charge < -0.3 is 15.5 Å². The minimum Gasteiger partial charge on any atom is -0.356 e. The zero-order valence-electron chi connectivity index (χ0n) is 14.0. The minimum atomic E-state index is 0.535. The molecule has 0 spiro atoms. The summed E-state index contributed by atoms with van der Waals surface area (Å²) in [5, 5.41) is 7.24. The van der Waals surface area contributed by atoms with Crippen LogP contribution in [0.15, 0.2) is 23.3 Å². The van der Waals surface area contributed by atoms with E-state index in [9.17, 15) is 0 Å². The van der Waals surface area contributed by atoms with E-state index in [1.165, 1.54) is 50.9 Å². The lowest BCUT2D eigenvalue weighted by Crippen LogP contribution is -2.38. The quantitative estimate of drug-likeness (QED) is 0.331. The summed E-state index contributed by atoms with van der Waals surface area (Å²) in [6.45, 7) is 5.61. The van der Waals surface area contributed by atoms with Crippen LogP contribution in [0, 0.1) is 0 Å². The van der Waals surface area contributed by atoms with Crippen molar-refractivity contribution in [1.29, 1.82) is 0 Å². The first-order chi connectivity index (χ1) is 11.3. The number of unbranched alkanes of at least 4 members (excludes halogenated alkanes) is 1. The first-order valence-corrected chi connectivity index (χ1v) is 8.93. The molecule has 0 atom stereocenters. The first-order valence-electron chi connectivity index (χ1n) is 8.55. The number of guanidine groups is 1. The van der Waals surface area contributed by atoms with Gasteiger partial charge in [0.25, 0.3) is 0 Å². The number of pyridine rings is 1. The average Bonchev–Trinajstić information content (AvgIpc) is 3.08. The molecule has 1 aromatic rings. The number of nitrogens with zero attached hydrogens (tertiary/aromatic N) is 3. The van der Waals surface area contributed by atoms with Crippen molar-refractivity contribution >= 4 is 17.6 Å². The summed E-state index contributed by atoms with van der Waals surface area (Å²) in [6.07, 6.45) is 7.90. The van der Waals surface area contributed by atoms with Crippen LogP contribution in [0.3, 0.4) is 0 Å². The summed E-state index contributed by atoms with van der Waals surface area (Å²) < 4.78 is 0. The van der Waals surface area contributed by atoms with Gasteiger partial charge in [0, 0.05) is 26.3 Å². The molecular formula is C17H28ClN5. The molecule has 23 heavy (non-hydrogen) atoms. The lowest BCUT2D eigenvalue weighted by Gasteiger charge is -2.15. The van der Waals surface area contributed by atoms with Crippen molar-refractivity contribution in [3.05, 3.63) is 29.0 Å². The zero-order valence-corrected chi connectivity index (χ0v) is 14.8. The van der Waals surface area contributed by atoms with Crippen LogP contribution >= 0.6 is 11.6 Å². The highest BCUT2D eigenvalue weighted by atomic mass is 35.5. The predicted octanol–water partition coefficient (Wildman–Crippen LogP) is 2.32. The minimum absolute atomic E-state index is 0.535. The van der Waals surface area contributed by atoms with E-state index in [1.807, 2.05) is 25.4 Å². The van der Waals surface area contributed by atoms with Gasteiger partial charge in [0.15, 0.2) is 5.96 Å². The van der Waals surface area contributed by atoms with Crippen LogP contribution in [0.25, 0.3) is 0 Å². The topological polar surface area (TPSA) is 52.6 Å². The fraction of sp³-hybridized carbons (Fsp3) is 0.647. The molecule has 0 saturated carbocycles. The van der Waals surface area contributed by atoms with Gasteiger partial charge in [-0.3, -0.25) is 4.99 Å². The number of hydrogen-bond donors (Lipinski definition) is 2. The third-order valence-electron chi connectivity index (χ3n) is 4.11. The van der Waals surface area contributed by atoms with Gasteiger partial charge in [-0.2, -0.15) is 0 Å². The molecule has 2 heterocycles. The third kappa shape index (κ3) is 7.18. The van der Waals surface area contributed by atoms with Crippen molar-refractivity contribution in [2.75, 3.05) is 39.8 Å². The zero-order chi connectivity index (χ0) is 16.3. The smallest absolute Gasteiger partial charge is 0.190 e. The number of nitrogens with one attached hydrogen (secondary N) is 2. The number of rotatable bonds is 8. The molecular weight excluding hydrogens is 310 g/mol. The Labute approximate surface area is 144 Å². The largest absolute Gasteiger partial charge is 0.356 e. The molecule has 5 nitrogen and oxygen atoms in total. The van der Waals surface area contributed by atoms with Crippen molar-refractivity contribution in [1.82, 2.24) is 20.5 Å². The van der Waals surface area contributed by atoms with Crippen molar-refractivity contribution in [2.24, 2.45) is 4.99 Å². The molecule has 128 valence electrons. The molecule has 0 amide bonds. The van der Waals surface area contributed by atoms with Gasteiger partial charge in [-0.05, 0) is 63.4 Å². The van der Waals surface area contributed by atoms with Crippen molar-refractivity contribution in [3.8, 4) is 0 Å². The van der Waals surface area contributed by atoms with E-state index in [2.05, 4.69) is 25.5 Å². The Kier molecular flexibility index (Phi) is 8.18. The maximum atomic E-state index is 5.78. The molecule has 0 unspecified atom stereocenters. The number of halogens is 1. The molecule has 0 bridgehead atoms. The van der Waals surface area contributed by atoms with Crippen LogP contribution in [-0.2, 0) is 6.42 Å². The van der Waals surface area contributed by atoms with Crippen LogP contribution in [0.1, 0.15) is 31.2 Å². The Morgan fingerprint density at radius 2 is 2.00 bits per heavy atom. The van der Waals surface area contributed by atoms with Crippen LogP contribution in [-0.4, -0.2) is 55.6 Å². The standard InChI is InChI=1S/C17H28ClN5/c1-19-17(20-9-2-3-11-23-12-4-5-13-23)21-10-8-15-6-7-16(18)22-14-15/h6-7,14H,2-5,8-13H2,1H3,(H2,19,20,21). The average molecular weight is 338 g/mol. The van der Waals surface area contributed by atoms with Crippen molar-refractivity contribution < 1.29 is 0 Å². The molecule has 0 radical (unpaired) electrons. The molecule has 1 aliphatic heterocycles. The monoisotopic (exact) mass is 337 g/mol. The third-order valence-corrected chi connectivity index (χ3v) is 4.33. The van der Waals surface area contributed by atoms with Gasteiger partial charge in [-0.25, -0.2) is 4.98 Å². The highest BCUT2D eigenvalue weighted by Gasteiger charge is 2.09. The molecule has 0 aromatic carbocycles. The fourth-order valence-electron chi connectivity index (χ4n) is 2.77. The van der Waals surface area contributed by atoms with Crippen molar-refractivity contribution in [2.45, 2.75) is 32.1 Å². The van der Waals surface area contributed by atoms with Crippen molar-refractivity contribution in [3.63, 3.8) is 0 Å². The van der Waals surface area contributed by atoms with Gasteiger partial charge in [0.1, 0.15) is 5.15 Å². The predicted molar refractivity (Wildman–Crippen MR) is 97.2 cm³/mol. The molecule has 6 heteroatoms. The van der Waals surface area contributed by atoms with E-state index in [4.69, 9.17) is 11.6 Å². The SMILES string of the molecule is CN=C(NCCCCN1CCCC1)NCCc1ccc(Cl)nc1. The maximum Gasteiger partial charge on any atom is 0.190 e. The van der Waals surface area contributed by atoms with Gasteiger partial charge in [0.05, 0.1) is 0 Å². The summed E-state index contributed by atoms with van der Waals surface area (Å²) in [7, 11) is 1.81. The molecule has 1 fully saturated rings. The number of aliphatic imine (C=N–C) groups is 1. The summed E-state index contributed by atoms with van der Waals surface area (Å²) in [6, 6.07) is 3.83. The normalized spacial score (nSPS) is 15.8. The molecule has 1 aliphatic rings. The molecule has 1 saturated heterocycles. The second kappa shape index (κ2) is 10.4.